The van der Waals surface area contributed by atoms with Crippen molar-refractivity contribution in [1.82, 2.24) is 5.06 Å². The number of rotatable bonds is 14. The van der Waals surface area contributed by atoms with Gasteiger partial charge in [-0.1, -0.05) is 109 Å². The lowest BCUT2D eigenvalue weighted by molar-refractivity contribution is -0.279. The van der Waals surface area contributed by atoms with Crippen molar-refractivity contribution in [3.8, 4) is 0 Å². The van der Waals surface area contributed by atoms with Crippen LogP contribution in [-0.2, 0) is 43.6 Å². The van der Waals surface area contributed by atoms with Gasteiger partial charge in [0.05, 0.1) is 37.1 Å². The van der Waals surface area contributed by atoms with Gasteiger partial charge >= 0.3 is 0 Å². The first-order valence-corrected chi connectivity index (χ1v) is 15.5. The molecule has 1 fully saturated rings. The molecule has 0 aromatic heterocycles. The van der Waals surface area contributed by atoms with E-state index in [0.717, 1.165) is 21.8 Å². The molecule has 46 heavy (non-hydrogen) atoms. The van der Waals surface area contributed by atoms with Gasteiger partial charge in [-0.2, -0.15) is 0 Å². The molecule has 0 saturated carbocycles. The molecular formula is C38H37NO7. The lowest BCUT2D eigenvalue weighted by Gasteiger charge is -2.46. The van der Waals surface area contributed by atoms with Gasteiger partial charge in [-0.3, -0.25) is 14.4 Å². The summed E-state index contributed by atoms with van der Waals surface area (Å²) in [6.07, 6.45) is -0.726. The highest BCUT2D eigenvalue weighted by Crippen LogP contribution is 2.33. The van der Waals surface area contributed by atoms with E-state index < -0.39 is 42.3 Å². The third kappa shape index (κ3) is 7.33. The standard InChI is InChI=1S/C38H37NO7/c1-2-14-32-34(42-23-27-15-6-3-7-16-27)36(44-25-29-19-10-5-11-20-29)35(43-24-28-17-8-4-9-18-28)33(46-32)26-45-39-37(40)30-21-12-13-22-31(30)38(39)41/h2-13,15-22,32-36H,1,14,23-26H2/t32-,33-,34+,35-,36-/m1/s1. The lowest BCUT2D eigenvalue weighted by Crippen LogP contribution is -2.61. The van der Waals surface area contributed by atoms with Crippen LogP contribution >= 0.6 is 0 Å². The van der Waals surface area contributed by atoms with Crippen LogP contribution in [0.4, 0.5) is 0 Å². The number of ether oxygens (including phenoxy) is 4. The van der Waals surface area contributed by atoms with Crippen molar-refractivity contribution in [3.05, 3.63) is 156 Å². The van der Waals surface area contributed by atoms with Gasteiger partial charge in [0.25, 0.3) is 11.8 Å². The van der Waals surface area contributed by atoms with Gasteiger partial charge in [0.1, 0.15) is 31.0 Å². The van der Waals surface area contributed by atoms with Crippen LogP contribution in [-0.4, -0.2) is 54.0 Å². The van der Waals surface area contributed by atoms with Crippen LogP contribution in [0.5, 0.6) is 0 Å². The van der Waals surface area contributed by atoms with E-state index in [1.54, 1.807) is 30.3 Å². The van der Waals surface area contributed by atoms with Crippen LogP contribution in [0.3, 0.4) is 0 Å². The molecular weight excluding hydrogens is 582 g/mol. The molecule has 2 amide bonds. The molecule has 5 atom stereocenters. The van der Waals surface area contributed by atoms with Gasteiger partial charge in [-0.25, -0.2) is 0 Å². The average molecular weight is 620 g/mol. The predicted octanol–water partition coefficient (Wildman–Crippen LogP) is 6.31. The molecule has 2 aliphatic rings. The number of hydrogen-bond donors (Lipinski definition) is 0. The van der Waals surface area contributed by atoms with Crippen LogP contribution in [0.2, 0.25) is 0 Å². The van der Waals surface area contributed by atoms with E-state index in [4.69, 9.17) is 23.8 Å². The number of hydrogen-bond acceptors (Lipinski definition) is 7. The van der Waals surface area contributed by atoms with Crippen molar-refractivity contribution in [2.45, 2.75) is 56.8 Å². The van der Waals surface area contributed by atoms with Crippen molar-refractivity contribution >= 4 is 11.8 Å². The Morgan fingerprint density at radius 1 is 0.587 bits per heavy atom. The SMILES string of the molecule is C=CC[C@H]1O[C@H](CON2C(=O)c3ccccc3C2=O)[C@@H](OCc2ccccc2)[C@H](OCc2ccccc2)[C@H]1OCc1ccccc1. The first-order valence-electron chi connectivity index (χ1n) is 15.5. The fraction of sp³-hybridized carbons (Fsp3) is 0.263. The Labute approximate surface area is 269 Å². The highest BCUT2D eigenvalue weighted by atomic mass is 16.7. The van der Waals surface area contributed by atoms with E-state index in [1.807, 2.05) is 91.0 Å². The quantitative estimate of drug-likeness (QED) is 0.121. The summed E-state index contributed by atoms with van der Waals surface area (Å²) in [4.78, 5) is 32.1. The molecule has 0 unspecified atom stereocenters. The number of hydroxylamine groups is 2. The second-order valence-electron chi connectivity index (χ2n) is 11.3. The van der Waals surface area contributed by atoms with E-state index in [2.05, 4.69) is 6.58 Å². The summed E-state index contributed by atoms with van der Waals surface area (Å²) in [7, 11) is 0. The molecule has 6 rings (SSSR count). The first-order chi connectivity index (χ1) is 22.6. The molecule has 4 aromatic rings. The molecule has 8 heteroatoms. The summed E-state index contributed by atoms with van der Waals surface area (Å²) in [6.45, 7) is 4.77. The molecule has 2 heterocycles. The third-order valence-electron chi connectivity index (χ3n) is 8.11. The fourth-order valence-corrected chi connectivity index (χ4v) is 5.80. The van der Waals surface area contributed by atoms with Gasteiger partial charge in [0.2, 0.25) is 0 Å². The Bertz CT molecular complexity index is 1560. The predicted molar refractivity (Wildman–Crippen MR) is 171 cm³/mol. The molecule has 2 aliphatic heterocycles. The summed E-state index contributed by atoms with van der Waals surface area (Å²) in [6, 6.07) is 36.3. The summed E-state index contributed by atoms with van der Waals surface area (Å²) in [5.74, 6) is -1.02. The Morgan fingerprint density at radius 2 is 1.00 bits per heavy atom. The van der Waals surface area contributed by atoms with E-state index in [-0.39, 0.29) is 13.2 Å². The minimum Gasteiger partial charge on any atom is -0.368 e. The van der Waals surface area contributed by atoms with Crippen molar-refractivity contribution in [1.29, 1.82) is 0 Å². The second-order valence-corrected chi connectivity index (χ2v) is 11.3. The van der Waals surface area contributed by atoms with Crippen LogP contribution in [0.25, 0.3) is 0 Å². The van der Waals surface area contributed by atoms with Crippen molar-refractivity contribution in [3.63, 3.8) is 0 Å². The summed E-state index contributed by atoms with van der Waals surface area (Å²) >= 11 is 0. The minimum atomic E-state index is -0.713. The molecule has 8 nitrogen and oxygen atoms in total. The number of carbonyl (C=O) groups is 2. The molecule has 4 aromatic carbocycles. The maximum atomic E-state index is 13.1. The number of imide groups is 1. The molecule has 0 radical (unpaired) electrons. The minimum absolute atomic E-state index is 0.130. The average Bonchev–Trinajstić information content (AvgIpc) is 3.35. The number of fused-ring (bicyclic) bond motifs is 1. The number of benzene rings is 4. The smallest absolute Gasteiger partial charge is 0.285 e. The van der Waals surface area contributed by atoms with E-state index >= 15 is 0 Å². The Hall–Kier alpha value is -4.44. The Balaban J connectivity index is 1.29. The second kappa shape index (κ2) is 15.2. The number of nitrogens with zero attached hydrogens (tertiary/aromatic N) is 1. The monoisotopic (exact) mass is 619 g/mol. The van der Waals surface area contributed by atoms with Gasteiger partial charge in [0, 0.05) is 0 Å². The fourth-order valence-electron chi connectivity index (χ4n) is 5.80. The van der Waals surface area contributed by atoms with Gasteiger partial charge in [-0.15, -0.1) is 11.6 Å². The first kappa shape index (κ1) is 31.5. The normalized spacial score (nSPS) is 22.5. The molecule has 0 spiro atoms. The zero-order chi connectivity index (χ0) is 31.7. The maximum Gasteiger partial charge on any atom is 0.285 e. The van der Waals surface area contributed by atoms with Crippen molar-refractivity contribution in [2.75, 3.05) is 6.61 Å². The highest BCUT2D eigenvalue weighted by molar-refractivity contribution is 6.20. The van der Waals surface area contributed by atoms with Crippen molar-refractivity contribution < 1.29 is 33.4 Å². The summed E-state index contributed by atoms with van der Waals surface area (Å²) in [5, 5.41) is 0.808. The highest BCUT2D eigenvalue weighted by Gasteiger charge is 2.49. The van der Waals surface area contributed by atoms with E-state index in [9.17, 15) is 9.59 Å². The van der Waals surface area contributed by atoms with E-state index in [1.165, 1.54) is 0 Å². The zero-order valence-electron chi connectivity index (χ0n) is 25.5. The van der Waals surface area contributed by atoms with Crippen LogP contribution in [0, 0.1) is 0 Å². The third-order valence-corrected chi connectivity index (χ3v) is 8.11. The summed E-state index contributed by atoms with van der Waals surface area (Å²) < 4.78 is 26.5. The van der Waals surface area contributed by atoms with Gasteiger partial charge in [0.15, 0.2) is 0 Å². The molecule has 0 N–H and O–H groups in total. The number of carbonyl (C=O) groups excluding carboxylic acids is 2. The lowest BCUT2D eigenvalue weighted by atomic mass is 9.92. The molecule has 1 saturated heterocycles. The van der Waals surface area contributed by atoms with Gasteiger partial charge in [-0.05, 0) is 35.2 Å². The van der Waals surface area contributed by atoms with Crippen LogP contribution in [0.1, 0.15) is 43.8 Å². The number of amides is 2. The largest absolute Gasteiger partial charge is 0.368 e. The molecule has 236 valence electrons. The Kier molecular flexibility index (Phi) is 10.4. The van der Waals surface area contributed by atoms with Gasteiger partial charge < -0.3 is 18.9 Å². The Morgan fingerprint density at radius 3 is 1.46 bits per heavy atom. The summed E-state index contributed by atoms with van der Waals surface area (Å²) in [5.41, 5.74) is 3.59. The van der Waals surface area contributed by atoms with E-state index in [0.29, 0.717) is 30.8 Å². The van der Waals surface area contributed by atoms with Crippen molar-refractivity contribution in [2.24, 2.45) is 0 Å². The topological polar surface area (TPSA) is 83.5 Å². The molecule has 0 bridgehead atoms. The zero-order valence-corrected chi connectivity index (χ0v) is 25.5. The van der Waals surface area contributed by atoms with Crippen LogP contribution in [0.15, 0.2) is 128 Å². The maximum absolute atomic E-state index is 13.1. The van der Waals surface area contributed by atoms with Crippen LogP contribution < -0.4 is 0 Å². The molecule has 0 aliphatic carbocycles.